The summed E-state index contributed by atoms with van der Waals surface area (Å²) < 4.78 is 2.37. The molecular weight excluding hydrogens is 392 g/mol. The topological polar surface area (TPSA) is 28.4 Å². The number of benzene rings is 3. The highest BCUT2D eigenvalue weighted by molar-refractivity contribution is 5.84. The molecule has 3 aromatic carbocycles. The first kappa shape index (κ1) is 21.0. The van der Waals surface area contributed by atoms with Crippen molar-refractivity contribution in [1.29, 1.82) is 0 Å². The standard InChI is InChI=1S/C29H32N2O/c32-29-18-10-9-17-28(29)31(20-24-13-5-2-6-14-24)22-25-21-30(19-23-11-3-1-4-12-23)27-16-8-7-15-26(25)27/h1-8,11-16,21,28-29,32H,9-10,17-20,22H2/t28-,29+/m1/s1. The Morgan fingerprint density at radius 3 is 2.16 bits per heavy atom. The highest BCUT2D eigenvalue weighted by Gasteiger charge is 2.29. The van der Waals surface area contributed by atoms with Crippen LogP contribution >= 0.6 is 0 Å². The first-order valence-corrected chi connectivity index (χ1v) is 11.8. The van der Waals surface area contributed by atoms with Gasteiger partial charge in [0.1, 0.15) is 0 Å². The third-order valence-electron chi connectivity index (χ3n) is 6.83. The van der Waals surface area contributed by atoms with Gasteiger partial charge < -0.3 is 9.67 Å². The molecule has 1 aliphatic carbocycles. The molecule has 3 nitrogen and oxygen atoms in total. The van der Waals surface area contributed by atoms with Gasteiger partial charge in [-0.1, -0.05) is 91.7 Å². The molecule has 0 radical (unpaired) electrons. The van der Waals surface area contributed by atoms with Crippen molar-refractivity contribution in [1.82, 2.24) is 9.47 Å². The first-order valence-electron chi connectivity index (χ1n) is 11.8. The third-order valence-corrected chi connectivity index (χ3v) is 6.83. The molecule has 1 N–H and O–H groups in total. The summed E-state index contributed by atoms with van der Waals surface area (Å²) >= 11 is 0. The van der Waals surface area contributed by atoms with E-state index in [0.717, 1.165) is 38.9 Å². The van der Waals surface area contributed by atoms with Gasteiger partial charge in [-0.2, -0.15) is 0 Å². The van der Waals surface area contributed by atoms with Crippen molar-refractivity contribution < 1.29 is 5.11 Å². The van der Waals surface area contributed by atoms with Crippen LogP contribution in [0.25, 0.3) is 10.9 Å². The van der Waals surface area contributed by atoms with Crippen LogP contribution in [0.5, 0.6) is 0 Å². The van der Waals surface area contributed by atoms with Crippen molar-refractivity contribution in [2.24, 2.45) is 0 Å². The van der Waals surface area contributed by atoms with E-state index < -0.39 is 0 Å². The van der Waals surface area contributed by atoms with Gasteiger partial charge in [0.15, 0.2) is 0 Å². The Labute approximate surface area is 190 Å². The van der Waals surface area contributed by atoms with Crippen LogP contribution in [-0.2, 0) is 19.6 Å². The quantitative estimate of drug-likeness (QED) is 0.394. The maximum absolute atomic E-state index is 10.9. The number of nitrogens with zero attached hydrogens (tertiary/aromatic N) is 2. The molecule has 164 valence electrons. The fourth-order valence-corrected chi connectivity index (χ4v) is 5.20. The van der Waals surface area contributed by atoms with Crippen LogP contribution in [0.15, 0.2) is 91.1 Å². The fourth-order valence-electron chi connectivity index (χ4n) is 5.20. The number of hydrogen-bond acceptors (Lipinski definition) is 2. The lowest BCUT2D eigenvalue weighted by molar-refractivity contribution is 0.0116. The smallest absolute Gasteiger partial charge is 0.0695 e. The fraction of sp³-hybridized carbons (Fsp3) is 0.310. The predicted molar refractivity (Wildman–Crippen MR) is 131 cm³/mol. The molecule has 0 spiro atoms. The summed E-state index contributed by atoms with van der Waals surface area (Å²) in [5, 5.41) is 12.2. The van der Waals surface area contributed by atoms with Gasteiger partial charge in [-0.25, -0.2) is 0 Å². The zero-order chi connectivity index (χ0) is 21.8. The lowest BCUT2D eigenvalue weighted by Crippen LogP contribution is -2.44. The van der Waals surface area contributed by atoms with Crippen LogP contribution in [0, 0.1) is 0 Å². The molecule has 5 rings (SSSR count). The van der Waals surface area contributed by atoms with Gasteiger partial charge >= 0.3 is 0 Å². The summed E-state index contributed by atoms with van der Waals surface area (Å²) in [6, 6.07) is 30.3. The molecule has 0 amide bonds. The highest BCUT2D eigenvalue weighted by atomic mass is 16.3. The zero-order valence-electron chi connectivity index (χ0n) is 18.6. The minimum atomic E-state index is -0.245. The molecule has 3 heteroatoms. The van der Waals surface area contributed by atoms with E-state index in [4.69, 9.17) is 0 Å². The summed E-state index contributed by atoms with van der Waals surface area (Å²) in [5.74, 6) is 0. The molecule has 32 heavy (non-hydrogen) atoms. The van der Waals surface area contributed by atoms with Gasteiger partial charge in [0.25, 0.3) is 0 Å². The summed E-state index contributed by atoms with van der Waals surface area (Å²) in [7, 11) is 0. The number of hydrogen-bond donors (Lipinski definition) is 1. The number of fused-ring (bicyclic) bond motifs is 1. The van der Waals surface area contributed by atoms with Crippen LogP contribution < -0.4 is 0 Å². The Bertz CT molecular complexity index is 1140. The second-order valence-corrected chi connectivity index (χ2v) is 9.09. The monoisotopic (exact) mass is 424 g/mol. The Morgan fingerprint density at radius 1 is 0.750 bits per heavy atom. The van der Waals surface area contributed by atoms with Crippen molar-refractivity contribution in [3.05, 3.63) is 108 Å². The third kappa shape index (κ3) is 4.64. The molecule has 0 saturated heterocycles. The Morgan fingerprint density at radius 2 is 1.41 bits per heavy atom. The number of para-hydroxylation sites is 1. The van der Waals surface area contributed by atoms with E-state index in [2.05, 4.69) is 101 Å². The van der Waals surface area contributed by atoms with E-state index in [1.165, 1.54) is 34.0 Å². The molecule has 0 aliphatic heterocycles. The largest absolute Gasteiger partial charge is 0.391 e. The van der Waals surface area contributed by atoms with Crippen molar-refractivity contribution in [2.45, 2.75) is 57.5 Å². The molecule has 2 atom stereocenters. The number of rotatable bonds is 7. The maximum Gasteiger partial charge on any atom is 0.0695 e. The van der Waals surface area contributed by atoms with Crippen LogP contribution in [0.2, 0.25) is 0 Å². The summed E-state index contributed by atoms with van der Waals surface area (Å²) in [4.78, 5) is 2.51. The SMILES string of the molecule is O[C@H]1CCCC[C@H]1N(Cc1ccccc1)Cc1cn(Cc2ccccc2)c2ccccc12. The summed E-state index contributed by atoms with van der Waals surface area (Å²) in [5.41, 5.74) is 5.22. The van der Waals surface area contributed by atoms with E-state index in [0.29, 0.717) is 0 Å². The van der Waals surface area contributed by atoms with Crippen molar-refractivity contribution in [3.8, 4) is 0 Å². The molecule has 0 unspecified atom stereocenters. The minimum Gasteiger partial charge on any atom is -0.391 e. The van der Waals surface area contributed by atoms with E-state index in [9.17, 15) is 5.11 Å². The summed E-state index contributed by atoms with van der Waals surface area (Å²) in [6.45, 7) is 2.58. The van der Waals surface area contributed by atoms with Gasteiger partial charge in [-0.15, -0.1) is 0 Å². The molecule has 1 aliphatic rings. The second kappa shape index (κ2) is 9.72. The average Bonchev–Trinajstić information content (AvgIpc) is 3.17. The predicted octanol–water partition coefficient (Wildman–Crippen LogP) is 6.00. The molecule has 1 fully saturated rings. The average molecular weight is 425 g/mol. The van der Waals surface area contributed by atoms with Gasteiger partial charge in [0.05, 0.1) is 6.10 Å². The normalized spacial score (nSPS) is 18.9. The van der Waals surface area contributed by atoms with E-state index in [1.807, 2.05) is 0 Å². The van der Waals surface area contributed by atoms with Gasteiger partial charge in [0.2, 0.25) is 0 Å². The molecule has 1 saturated carbocycles. The number of aliphatic hydroxyl groups is 1. The van der Waals surface area contributed by atoms with Crippen LogP contribution in [0.3, 0.4) is 0 Å². The first-order chi connectivity index (χ1) is 15.8. The van der Waals surface area contributed by atoms with Crippen molar-refractivity contribution in [2.75, 3.05) is 0 Å². The lowest BCUT2D eigenvalue weighted by Gasteiger charge is -2.37. The Kier molecular flexibility index (Phi) is 6.38. The van der Waals surface area contributed by atoms with Gasteiger partial charge in [-0.3, -0.25) is 4.90 Å². The highest BCUT2D eigenvalue weighted by Crippen LogP contribution is 2.29. The van der Waals surface area contributed by atoms with Crippen LogP contribution in [-0.4, -0.2) is 26.7 Å². The van der Waals surface area contributed by atoms with Gasteiger partial charge in [0, 0.05) is 42.8 Å². The maximum atomic E-state index is 10.9. The van der Waals surface area contributed by atoms with Crippen LogP contribution in [0.1, 0.15) is 42.4 Å². The van der Waals surface area contributed by atoms with E-state index in [1.54, 1.807) is 0 Å². The van der Waals surface area contributed by atoms with Crippen molar-refractivity contribution >= 4 is 10.9 Å². The summed E-state index contributed by atoms with van der Waals surface area (Å²) in [6.07, 6.45) is 6.38. The lowest BCUT2D eigenvalue weighted by atomic mass is 9.90. The second-order valence-electron chi connectivity index (χ2n) is 9.09. The van der Waals surface area contributed by atoms with E-state index in [-0.39, 0.29) is 12.1 Å². The molecule has 1 aromatic heterocycles. The number of aliphatic hydroxyl groups excluding tert-OH is 1. The zero-order valence-corrected chi connectivity index (χ0v) is 18.6. The Hall–Kier alpha value is -2.88. The molecule has 4 aromatic rings. The molecule has 0 bridgehead atoms. The molecular formula is C29H32N2O. The van der Waals surface area contributed by atoms with E-state index >= 15 is 0 Å². The molecule has 1 heterocycles. The van der Waals surface area contributed by atoms with Crippen molar-refractivity contribution in [3.63, 3.8) is 0 Å². The van der Waals surface area contributed by atoms with Gasteiger partial charge in [-0.05, 0) is 35.6 Å². The minimum absolute atomic E-state index is 0.209. The van der Waals surface area contributed by atoms with Crippen LogP contribution in [0.4, 0.5) is 0 Å². The number of aromatic nitrogens is 1. The Balaban J connectivity index is 1.48.